The molecule has 114 valence electrons. The molecule has 0 heterocycles. The minimum Gasteiger partial charge on any atom is -0.506 e. The first-order valence-corrected chi connectivity index (χ1v) is 6.01. The third-order valence-electron chi connectivity index (χ3n) is 2.49. The molecule has 1 atom stereocenters. The third-order valence-corrected chi connectivity index (χ3v) is 2.49. The summed E-state index contributed by atoms with van der Waals surface area (Å²) in [6, 6.07) is 3.72. The molecule has 2 amide bonds. The summed E-state index contributed by atoms with van der Waals surface area (Å²) < 4.78 is 0. The summed E-state index contributed by atoms with van der Waals surface area (Å²) in [4.78, 5) is 10.8. The number of anilines is 1. The number of aromatic hydroxyl groups is 1. The molecule has 0 aliphatic rings. The number of rotatable bonds is 4. The molecule has 0 radical (unpaired) electrons. The van der Waals surface area contributed by atoms with Crippen LogP contribution in [-0.4, -0.2) is 28.3 Å². The molecule has 1 rings (SSSR count). The largest absolute Gasteiger partial charge is 0.506 e. The van der Waals surface area contributed by atoms with Crippen molar-refractivity contribution in [3.63, 3.8) is 0 Å². The summed E-state index contributed by atoms with van der Waals surface area (Å²) in [5.74, 6) is -0.0986. The van der Waals surface area contributed by atoms with E-state index in [2.05, 4.69) is 10.6 Å². The average molecular weight is 304 g/mol. The van der Waals surface area contributed by atoms with E-state index in [-0.39, 0.29) is 29.4 Å². The zero-order valence-corrected chi connectivity index (χ0v) is 12.6. The van der Waals surface area contributed by atoms with Crippen molar-refractivity contribution in [3.05, 3.63) is 23.8 Å². The van der Waals surface area contributed by atoms with Crippen molar-refractivity contribution < 1.29 is 15.0 Å². The first kappa shape index (κ1) is 18.5. The second kappa shape index (κ2) is 7.33. The number of β-amino-alcohol motifs (C(OH)–C–C–N with tert-alkyl or cyclic N) is 1. The lowest BCUT2D eigenvalue weighted by atomic mass is 10.1. The van der Waals surface area contributed by atoms with Crippen molar-refractivity contribution >= 4 is 24.1 Å². The van der Waals surface area contributed by atoms with Gasteiger partial charge >= 0.3 is 6.03 Å². The summed E-state index contributed by atoms with van der Waals surface area (Å²) >= 11 is 0. The Bertz CT molecular complexity index is 461. The smallest absolute Gasteiger partial charge is 0.316 e. The number of benzene rings is 1. The van der Waals surface area contributed by atoms with Crippen LogP contribution in [-0.2, 0) is 0 Å². The van der Waals surface area contributed by atoms with Gasteiger partial charge in [0.1, 0.15) is 5.75 Å². The molecule has 7 heteroatoms. The van der Waals surface area contributed by atoms with Gasteiger partial charge in [0.2, 0.25) is 0 Å². The van der Waals surface area contributed by atoms with Crippen LogP contribution in [0.4, 0.5) is 10.5 Å². The van der Waals surface area contributed by atoms with Crippen LogP contribution in [0.2, 0.25) is 0 Å². The molecule has 0 aliphatic carbocycles. The van der Waals surface area contributed by atoms with Crippen LogP contribution in [0.3, 0.4) is 0 Å². The van der Waals surface area contributed by atoms with E-state index < -0.39 is 12.1 Å². The van der Waals surface area contributed by atoms with Crippen molar-refractivity contribution in [2.24, 2.45) is 5.73 Å². The van der Waals surface area contributed by atoms with Gasteiger partial charge in [-0.05, 0) is 38.5 Å². The number of hydrogen-bond acceptors (Lipinski definition) is 4. The molecule has 1 aromatic rings. The van der Waals surface area contributed by atoms with Gasteiger partial charge in [-0.1, -0.05) is 6.07 Å². The van der Waals surface area contributed by atoms with Gasteiger partial charge in [0.15, 0.2) is 0 Å². The topological polar surface area (TPSA) is 108 Å². The quantitative estimate of drug-likeness (QED) is 0.546. The molecule has 0 bridgehead atoms. The highest BCUT2D eigenvalue weighted by Gasteiger charge is 2.15. The first-order valence-electron chi connectivity index (χ1n) is 6.01. The fourth-order valence-corrected chi connectivity index (χ4v) is 1.51. The molecule has 0 fully saturated rings. The second-order valence-corrected chi connectivity index (χ2v) is 5.41. The van der Waals surface area contributed by atoms with Crippen molar-refractivity contribution in [2.75, 3.05) is 11.9 Å². The van der Waals surface area contributed by atoms with E-state index in [1.807, 2.05) is 20.8 Å². The summed E-state index contributed by atoms with van der Waals surface area (Å²) in [5, 5.41) is 25.1. The van der Waals surface area contributed by atoms with E-state index in [1.165, 1.54) is 12.1 Å². The summed E-state index contributed by atoms with van der Waals surface area (Å²) in [5.41, 5.74) is 5.66. The maximum absolute atomic E-state index is 10.8. The number of nitrogens with two attached hydrogens (primary N) is 1. The molecule has 6 N–H and O–H groups in total. The average Bonchev–Trinajstić information content (AvgIpc) is 2.27. The highest BCUT2D eigenvalue weighted by atomic mass is 35.5. The standard InChI is InChI=1S/C13H21N3O3.ClH/c1-13(2,3)15-7-11(18)8-4-5-10(17)9(6-8)16-12(14)19;/h4-6,11,15,17-18H,7H2,1-3H3,(H3,14,16,19);1H/t11-;/m1./s1. The van der Waals surface area contributed by atoms with E-state index in [1.54, 1.807) is 6.07 Å². The number of urea groups is 1. The molecule has 0 aromatic heterocycles. The summed E-state index contributed by atoms with van der Waals surface area (Å²) in [6.07, 6.45) is -0.742. The first-order chi connectivity index (χ1) is 8.69. The SMILES string of the molecule is CC(C)(C)NC[C@@H](O)c1ccc(O)c(NC(N)=O)c1.Cl. The molecule has 0 aliphatic heterocycles. The van der Waals surface area contributed by atoms with Crippen LogP contribution in [0, 0.1) is 0 Å². The lowest BCUT2D eigenvalue weighted by Crippen LogP contribution is -2.38. The minimum atomic E-state index is -0.769. The van der Waals surface area contributed by atoms with Gasteiger partial charge in [-0.3, -0.25) is 0 Å². The van der Waals surface area contributed by atoms with E-state index in [4.69, 9.17) is 5.73 Å². The number of halogens is 1. The summed E-state index contributed by atoms with van der Waals surface area (Å²) in [6.45, 7) is 6.36. The number of primary amides is 1. The number of carbonyl (C=O) groups excluding carboxylic acids is 1. The Morgan fingerprint density at radius 3 is 2.50 bits per heavy atom. The van der Waals surface area contributed by atoms with E-state index in [9.17, 15) is 15.0 Å². The van der Waals surface area contributed by atoms with Crippen LogP contribution >= 0.6 is 12.4 Å². The zero-order valence-electron chi connectivity index (χ0n) is 11.8. The Kier molecular flexibility index (Phi) is 6.78. The van der Waals surface area contributed by atoms with Crippen molar-refractivity contribution in [2.45, 2.75) is 32.4 Å². The maximum Gasteiger partial charge on any atom is 0.316 e. The maximum atomic E-state index is 10.8. The van der Waals surface area contributed by atoms with E-state index in [0.29, 0.717) is 12.1 Å². The van der Waals surface area contributed by atoms with E-state index >= 15 is 0 Å². The minimum absolute atomic E-state index is 0. The molecule has 0 saturated heterocycles. The number of phenolic OH excluding ortho intramolecular Hbond substituents is 1. The van der Waals surface area contributed by atoms with Gasteiger partial charge in [-0.15, -0.1) is 12.4 Å². The summed E-state index contributed by atoms with van der Waals surface area (Å²) in [7, 11) is 0. The Balaban J connectivity index is 0.00000361. The van der Waals surface area contributed by atoms with Crippen molar-refractivity contribution in [3.8, 4) is 5.75 Å². The molecule has 6 nitrogen and oxygen atoms in total. The van der Waals surface area contributed by atoms with Gasteiger partial charge in [0.25, 0.3) is 0 Å². The second-order valence-electron chi connectivity index (χ2n) is 5.41. The molecular weight excluding hydrogens is 282 g/mol. The van der Waals surface area contributed by atoms with Crippen LogP contribution in [0.5, 0.6) is 5.75 Å². The van der Waals surface area contributed by atoms with Gasteiger partial charge in [0.05, 0.1) is 11.8 Å². The Morgan fingerprint density at radius 1 is 1.40 bits per heavy atom. The molecule has 20 heavy (non-hydrogen) atoms. The number of aliphatic hydroxyl groups is 1. The fourth-order valence-electron chi connectivity index (χ4n) is 1.51. The lowest BCUT2D eigenvalue weighted by Gasteiger charge is -2.23. The van der Waals surface area contributed by atoms with Crippen LogP contribution in [0.15, 0.2) is 18.2 Å². The monoisotopic (exact) mass is 303 g/mol. The molecule has 0 unspecified atom stereocenters. The van der Waals surface area contributed by atoms with Crippen LogP contribution in [0.1, 0.15) is 32.4 Å². The number of aliphatic hydroxyl groups excluding tert-OH is 1. The number of carbonyl (C=O) groups is 1. The Labute approximate surface area is 124 Å². The molecule has 0 spiro atoms. The van der Waals surface area contributed by atoms with E-state index in [0.717, 1.165) is 0 Å². The Morgan fingerprint density at radius 2 is 2.00 bits per heavy atom. The van der Waals surface area contributed by atoms with Gasteiger partial charge in [-0.25, -0.2) is 4.79 Å². The Hall–Kier alpha value is -1.50. The number of hydrogen-bond donors (Lipinski definition) is 5. The number of nitrogens with one attached hydrogen (secondary N) is 2. The van der Waals surface area contributed by atoms with Gasteiger partial charge in [-0.2, -0.15) is 0 Å². The molecule has 1 aromatic carbocycles. The fraction of sp³-hybridized carbons (Fsp3) is 0.462. The van der Waals surface area contributed by atoms with Crippen molar-refractivity contribution in [1.82, 2.24) is 5.32 Å². The van der Waals surface area contributed by atoms with Crippen LogP contribution < -0.4 is 16.4 Å². The normalized spacial score (nSPS) is 12.4. The van der Waals surface area contributed by atoms with Crippen molar-refractivity contribution in [1.29, 1.82) is 0 Å². The highest BCUT2D eigenvalue weighted by Crippen LogP contribution is 2.27. The number of phenols is 1. The van der Waals surface area contributed by atoms with Gasteiger partial charge in [0, 0.05) is 12.1 Å². The third kappa shape index (κ3) is 6.10. The van der Waals surface area contributed by atoms with Crippen LogP contribution in [0.25, 0.3) is 0 Å². The lowest BCUT2D eigenvalue weighted by molar-refractivity contribution is 0.163. The predicted octanol–water partition coefficient (Wildman–Crippen LogP) is 1.73. The zero-order chi connectivity index (χ0) is 14.6. The van der Waals surface area contributed by atoms with Gasteiger partial charge < -0.3 is 26.6 Å². The predicted molar refractivity (Wildman–Crippen MR) is 81.3 cm³/mol. The molecule has 0 saturated carbocycles. The number of amides is 2. The molecular formula is C13H22ClN3O3. The highest BCUT2D eigenvalue weighted by molar-refractivity contribution is 5.89.